The van der Waals surface area contributed by atoms with E-state index in [-0.39, 0.29) is 11.3 Å². The van der Waals surface area contributed by atoms with Gasteiger partial charge in [-0.25, -0.2) is 0 Å². The molecule has 0 bridgehead atoms. The van der Waals surface area contributed by atoms with Crippen molar-refractivity contribution in [3.63, 3.8) is 0 Å². The molecule has 1 fully saturated rings. The minimum Gasteiger partial charge on any atom is -0.507 e. The molecule has 1 heterocycles. The van der Waals surface area contributed by atoms with Gasteiger partial charge >= 0.3 is 0 Å². The van der Waals surface area contributed by atoms with Crippen LogP contribution in [0, 0.1) is 25.2 Å². The fourth-order valence-electron chi connectivity index (χ4n) is 3.94. The number of rotatable bonds is 4. The van der Waals surface area contributed by atoms with Gasteiger partial charge in [-0.15, -0.1) is 0 Å². The van der Waals surface area contributed by atoms with Gasteiger partial charge in [0, 0.05) is 11.3 Å². The summed E-state index contributed by atoms with van der Waals surface area (Å²) in [6, 6.07) is 20.0. The first-order chi connectivity index (χ1) is 15.8. The highest BCUT2D eigenvalue weighted by molar-refractivity contribution is 6.51. The normalized spacial score (nSPS) is 17.2. The number of aliphatic hydroxyl groups excluding tert-OH is 1. The third kappa shape index (κ3) is 3.85. The van der Waals surface area contributed by atoms with Gasteiger partial charge in [0.05, 0.1) is 30.4 Å². The molecule has 3 aromatic carbocycles. The summed E-state index contributed by atoms with van der Waals surface area (Å²) >= 11 is 0. The van der Waals surface area contributed by atoms with E-state index in [4.69, 9.17) is 10.00 Å². The molecule has 1 aliphatic rings. The van der Waals surface area contributed by atoms with Crippen molar-refractivity contribution >= 4 is 23.1 Å². The molecule has 0 aromatic heterocycles. The van der Waals surface area contributed by atoms with Crippen molar-refractivity contribution in [2.45, 2.75) is 19.9 Å². The molecule has 1 N–H and O–H groups in total. The zero-order valence-electron chi connectivity index (χ0n) is 18.5. The van der Waals surface area contributed by atoms with Crippen molar-refractivity contribution in [3.05, 3.63) is 100 Å². The summed E-state index contributed by atoms with van der Waals surface area (Å²) in [5.41, 5.74) is 4.03. The van der Waals surface area contributed by atoms with Crippen LogP contribution in [0.3, 0.4) is 0 Å². The Morgan fingerprint density at radius 3 is 2.21 bits per heavy atom. The van der Waals surface area contributed by atoms with E-state index < -0.39 is 17.7 Å². The second-order valence-corrected chi connectivity index (χ2v) is 7.90. The number of aryl methyl sites for hydroxylation is 2. The number of carbonyl (C=O) groups is 2. The Morgan fingerprint density at radius 2 is 1.64 bits per heavy atom. The number of nitriles is 1. The molecular formula is C27H22N2O4. The number of Topliss-reactive ketones (excluding diaryl/α,β-unsaturated/α-hetero) is 1. The molecule has 0 aliphatic carbocycles. The van der Waals surface area contributed by atoms with Crippen LogP contribution in [-0.2, 0) is 9.59 Å². The van der Waals surface area contributed by atoms with Crippen LogP contribution in [0.15, 0.2) is 72.3 Å². The lowest BCUT2D eigenvalue weighted by Crippen LogP contribution is -2.29. The molecule has 1 saturated heterocycles. The molecular weight excluding hydrogens is 416 g/mol. The molecule has 4 rings (SSSR count). The van der Waals surface area contributed by atoms with Crippen LogP contribution >= 0.6 is 0 Å². The second kappa shape index (κ2) is 8.64. The summed E-state index contributed by atoms with van der Waals surface area (Å²) in [7, 11) is 1.55. The number of hydrogen-bond acceptors (Lipinski definition) is 5. The van der Waals surface area contributed by atoms with Crippen molar-refractivity contribution in [2.24, 2.45) is 0 Å². The minimum atomic E-state index is -0.842. The van der Waals surface area contributed by atoms with Gasteiger partial charge in [-0.2, -0.15) is 5.26 Å². The standard InChI is InChI=1S/C27H22N2O4/c1-16-4-7-20(14-17(16)2)25(30)23-24(19-8-12-22(33-3)13-9-19)29(27(32)26(23)31)21-10-5-18(15-28)6-11-21/h4-14,24,30H,1-3H3/b25-23-. The molecule has 1 unspecified atom stereocenters. The number of methoxy groups -OCH3 is 1. The molecule has 33 heavy (non-hydrogen) atoms. The Morgan fingerprint density at radius 1 is 0.970 bits per heavy atom. The van der Waals surface area contributed by atoms with Crippen LogP contribution in [0.4, 0.5) is 5.69 Å². The van der Waals surface area contributed by atoms with Gasteiger partial charge in [-0.1, -0.05) is 24.3 Å². The van der Waals surface area contributed by atoms with Crippen LogP contribution < -0.4 is 9.64 Å². The summed E-state index contributed by atoms with van der Waals surface area (Å²) in [5.74, 6) is -1.11. The Hall–Kier alpha value is -4.37. The van der Waals surface area contributed by atoms with Gasteiger partial charge in [0.2, 0.25) is 0 Å². The molecule has 1 amide bonds. The van der Waals surface area contributed by atoms with Gasteiger partial charge in [0.25, 0.3) is 11.7 Å². The van der Waals surface area contributed by atoms with Crippen LogP contribution in [-0.4, -0.2) is 23.9 Å². The summed E-state index contributed by atoms with van der Waals surface area (Å²) in [5, 5.41) is 20.3. The monoisotopic (exact) mass is 438 g/mol. The number of hydrogen-bond donors (Lipinski definition) is 1. The number of amides is 1. The fourth-order valence-corrected chi connectivity index (χ4v) is 3.94. The highest BCUT2D eigenvalue weighted by Gasteiger charge is 2.47. The molecule has 6 nitrogen and oxygen atoms in total. The lowest BCUT2D eigenvalue weighted by atomic mass is 9.94. The summed E-state index contributed by atoms with van der Waals surface area (Å²) in [6.07, 6.45) is 0. The number of benzene rings is 3. The zero-order chi connectivity index (χ0) is 23.7. The van der Waals surface area contributed by atoms with Gasteiger partial charge in [0.1, 0.15) is 11.5 Å². The topological polar surface area (TPSA) is 90.6 Å². The Bertz CT molecular complexity index is 1320. The van der Waals surface area contributed by atoms with E-state index in [2.05, 4.69) is 0 Å². The quantitative estimate of drug-likeness (QED) is 0.359. The number of ketones is 1. The molecule has 0 saturated carbocycles. The van der Waals surface area contributed by atoms with Gasteiger partial charge in [-0.05, 0) is 73.0 Å². The van der Waals surface area contributed by atoms with E-state index in [9.17, 15) is 14.7 Å². The van der Waals surface area contributed by atoms with E-state index >= 15 is 0 Å². The first-order valence-electron chi connectivity index (χ1n) is 10.4. The van der Waals surface area contributed by atoms with Crippen molar-refractivity contribution in [1.82, 2.24) is 0 Å². The van der Waals surface area contributed by atoms with E-state index in [0.29, 0.717) is 28.1 Å². The maximum Gasteiger partial charge on any atom is 0.300 e. The van der Waals surface area contributed by atoms with E-state index in [1.807, 2.05) is 26.0 Å². The third-order valence-electron chi connectivity index (χ3n) is 5.93. The number of ether oxygens (including phenoxy) is 1. The number of carbonyl (C=O) groups excluding carboxylic acids is 2. The molecule has 1 atom stereocenters. The van der Waals surface area contributed by atoms with E-state index in [1.165, 1.54) is 4.90 Å². The Kier molecular flexibility index (Phi) is 5.72. The smallest absolute Gasteiger partial charge is 0.300 e. The number of anilines is 1. The van der Waals surface area contributed by atoms with Crippen molar-refractivity contribution in [1.29, 1.82) is 5.26 Å². The number of aliphatic hydroxyl groups is 1. The summed E-state index contributed by atoms with van der Waals surface area (Å²) in [6.45, 7) is 3.88. The van der Waals surface area contributed by atoms with Crippen LogP contribution in [0.2, 0.25) is 0 Å². The van der Waals surface area contributed by atoms with Gasteiger partial charge in [-0.3, -0.25) is 14.5 Å². The third-order valence-corrected chi connectivity index (χ3v) is 5.93. The Labute approximate surface area is 192 Å². The van der Waals surface area contributed by atoms with Crippen LogP contribution in [0.25, 0.3) is 5.76 Å². The van der Waals surface area contributed by atoms with E-state index in [1.54, 1.807) is 67.8 Å². The van der Waals surface area contributed by atoms with Crippen molar-refractivity contribution < 1.29 is 19.4 Å². The summed E-state index contributed by atoms with van der Waals surface area (Å²) in [4.78, 5) is 27.7. The van der Waals surface area contributed by atoms with Crippen LogP contribution in [0.5, 0.6) is 5.75 Å². The molecule has 3 aromatic rings. The molecule has 6 heteroatoms. The molecule has 0 radical (unpaired) electrons. The predicted octanol–water partition coefficient (Wildman–Crippen LogP) is 4.81. The lowest BCUT2D eigenvalue weighted by molar-refractivity contribution is -0.132. The predicted molar refractivity (Wildman–Crippen MR) is 125 cm³/mol. The SMILES string of the molecule is COc1ccc(C2/C(=C(/O)c3ccc(C)c(C)c3)C(=O)C(=O)N2c2ccc(C#N)cc2)cc1. The van der Waals surface area contributed by atoms with Crippen molar-refractivity contribution in [2.75, 3.05) is 12.0 Å². The van der Waals surface area contributed by atoms with Crippen LogP contribution in [0.1, 0.15) is 33.9 Å². The highest BCUT2D eigenvalue weighted by Crippen LogP contribution is 2.42. The fraction of sp³-hybridized carbons (Fsp3) is 0.148. The van der Waals surface area contributed by atoms with E-state index in [0.717, 1.165) is 11.1 Å². The largest absolute Gasteiger partial charge is 0.507 e. The van der Waals surface area contributed by atoms with Crippen molar-refractivity contribution in [3.8, 4) is 11.8 Å². The summed E-state index contributed by atoms with van der Waals surface area (Å²) < 4.78 is 5.24. The Balaban J connectivity index is 1.93. The second-order valence-electron chi connectivity index (χ2n) is 7.90. The zero-order valence-corrected chi connectivity index (χ0v) is 18.5. The average Bonchev–Trinajstić information content (AvgIpc) is 3.10. The minimum absolute atomic E-state index is 0.0118. The average molecular weight is 438 g/mol. The maximum atomic E-state index is 13.2. The maximum absolute atomic E-state index is 13.2. The first kappa shape index (κ1) is 21.8. The molecule has 0 spiro atoms. The molecule has 1 aliphatic heterocycles. The first-order valence-corrected chi connectivity index (χ1v) is 10.4. The van der Waals surface area contributed by atoms with Gasteiger partial charge < -0.3 is 9.84 Å². The lowest BCUT2D eigenvalue weighted by Gasteiger charge is -2.25. The van der Waals surface area contributed by atoms with Gasteiger partial charge in [0.15, 0.2) is 0 Å². The highest BCUT2D eigenvalue weighted by atomic mass is 16.5. The number of nitrogens with zero attached hydrogens (tertiary/aromatic N) is 2. The molecule has 164 valence electrons.